The lowest BCUT2D eigenvalue weighted by molar-refractivity contribution is -0.137. The first-order valence-corrected chi connectivity index (χ1v) is 14.4. The van der Waals surface area contributed by atoms with E-state index >= 15 is 0 Å². The van der Waals surface area contributed by atoms with Crippen LogP contribution in [0.3, 0.4) is 0 Å². The third-order valence-electron chi connectivity index (χ3n) is 8.22. The van der Waals surface area contributed by atoms with Gasteiger partial charge in [0.1, 0.15) is 0 Å². The van der Waals surface area contributed by atoms with E-state index in [4.69, 9.17) is 14.8 Å². The van der Waals surface area contributed by atoms with E-state index in [-0.39, 0.29) is 19.3 Å². The van der Waals surface area contributed by atoms with Gasteiger partial charge in [0.05, 0.1) is 22.8 Å². The summed E-state index contributed by atoms with van der Waals surface area (Å²) in [7, 11) is 0. The maximum atomic E-state index is 11.5. The van der Waals surface area contributed by atoms with Crippen LogP contribution in [0.2, 0.25) is 0 Å². The molecule has 3 aromatic rings. The Morgan fingerprint density at radius 3 is 1.49 bits per heavy atom. The zero-order valence-corrected chi connectivity index (χ0v) is 25.9. The summed E-state index contributed by atoms with van der Waals surface area (Å²) in [5, 5.41) is 18.9. The van der Waals surface area contributed by atoms with Gasteiger partial charge in [-0.25, -0.2) is 9.97 Å². The summed E-state index contributed by atoms with van der Waals surface area (Å²) in [5.41, 5.74) is 17.9. The second kappa shape index (κ2) is 13.4. The van der Waals surface area contributed by atoms with E-state index in [0.29, 0.717) is 24.2 Å². The topological polar surface area (TPSA) is 175 Å². The summed E-state index contributed by atoms with van der Waals surface area (Å²) in [6.07, 6.45) is 4.45. The van der Waals surface area contributed by atoms with E-state index in [1.807, 2.05) is 58.0 Å². The number of hydrogen-bond donors (Lipinski definition) is 5. The van der Waals surface area contributed by atoms with E-state index in [9.17, 15) is 19.8 Å². The van der Waals surface area contributed by atoms with Crippen molar-refractivity contribution in [1.82, 2.24) is 19.9 Å². The average molecular weight is 608 g/mol. The third-order valence-corrected chi connectivity index (χ3v) is 8.22. The van der Waals surface area contributed by atoms with Gasteiger partial charge in [0.15, 0.2) is 0 Å². The standard InChI is InChI=1S/C34H34N4O4.CH3NO/c1-7-21-17(3)25-13-26-19(5)23(9-11-33(39)40)31(37-26)16-32-24(10-12-34(41)42)20(6)28(38-32)15-30-22(8-2)18(4)27(36-30)14-29(21)35-25;2-1-3/h7-8,13-16,35-36H,1-2,9-12H2,3-6H3,(H,39,40)(H,41,42);1H,(H2,2,3). The second-order valence-electron chi connectivity index (χ2n) is 10.9. The molecule has 8 bridgehead atoms. The minimum Gasteiger partial charge on any atom is -0.481 e. The van der Waals surface area contributed by atoms with E-state index in [1.54, 1.807) is 0 Å². The van der Waals surface area contributed by atoms with Gasteiger partial charge in [-0.3, -0.25) is 14.4 Å². The number of fused-ring (bicyclic) bond motifs is 8. The number of aromatic amines is 2. The molecule has 5 rings (SSSR count). The molecule has 0 atom stereocenters. The zero-order chi connectivity index (χ0) is 33.0. The van der Waals surface area contributed by atoms with Crippen LogP contribution in [0.15, 0.2) is 37.4 Å². The quantitative estimate of drug-likeness (QED) is 0.173. The highest BCUT2D eigenvalue weighted by Gasteiger charge is 2.22. The molecule has 232 valence electrons. The predicted molar refractivity (Wildman–Crippen MR) is 180 cm³/mol. The first-order valence-electron chi connectivity index (χ1n) is 14.4. The number of hydrogen-bond acceptors (Lipinski definition) is 5. The van der Waals surface area contributed by atoms with Crippen LogP contribution in [0.4, 0.5) is 0 Å². The van der Waals surface area contributed by atoms with Gasteiger partial charge in [0.25, 0.3) is 0 Å². The molecule has 10 nitrogen and oxygen atoms in total. The lowest BCUT2D eigenvalue weighted by Crippen LogP contribution is -1.97. The highest BCUT2D eigenvalue weighted by atomic mass is 16.4. The molecule has 45 heavy (non-hydrogen) atoms. The molecule has 0 saturated heterocycles. The minimum atomic E-state index is -0.889. The largest absolute Gasteiger partial charge is 0.481 e. The number of nitrogens with one attached hydrogen (secondary N) is 2. The lowest BCUT2D eigenvalue weighted by Gasteiger charge is -2.05. The normalized spacial score (nSPS) is 12.4. The molecule has 0 fully saturated rings. The SMILES string of the molecule is C=Cc1c(C)c2cc3[nH]c(cc4nc(cc5nc(cc1[nH]2)C(C)=C5CCC(=O)O)C(CCC(=O)O)=C4C)c(C)c3C=C.NC=O. The fourth-order valence-corrected chi connectivity index (χ4v) is 5.77. The number of aromatic nitrogens is 4. The molecular formula is C35H37N5O5. The van der Waals surface area contributed by atoms with Gasteiger partial charge in [-0.05, 0) is 98.2 Å². The summed E-state index contributed by atoms with van der Waals surface area (Å²) in [5.74, 6) is -1.78. The van der Waals surface area contributed by atoms with Crippen molar-refractivity contribution in [2.75, 3.05) is 0 Å². The van der Waals surface area contributed by atoms with Crippen molar-refractivity contribution in [3.8, 4) is 0 Å². The van der Waals surface area contributed by atoms with Crippen LogP contribution in [-0.2, 0) is 14.4 Å². The lowest BCUT2D eigenvalue weighted by atomic mass is 9.98. The van der Waals surface area contributed by atoms with E-state index in [2.05, 4.69) is 34.9 Å². The van der Waals surface area contributed by atoms with Crippen molar-refractivity contribution < 1.29 is 24.6 Å². The maximum Gasteiger partial charge on any atom is 0.303 e. The van der Waals surface area contributed by atoms with Crippen LogP contribution >= 0.6 is 0 Å². The van der Waals surface area contributed by atoms with Crippen molar-refractivity contribution in [2.24, 2.45) is 5.73 Å². The fourth-order valence-electron chi connectivity index (χ4n) is 5.77. The minimum absolute atomic E-state index is 0.0367. The smallest absolute Gasteiger partial charge is 0.303 e. The number of aryl methyl sites for hydroxylation is 2. The summed E-state index contributed by atoms with van der Waals surface area (Å²) in [6.45, 7) is 16.1. The van der Waals surface area contributed by atoms with Crippen LogP contribution in [-0.4, -0.2) is 48.5 Å². The number of H-pyrrole nitrogens is 2. The number of amides is 1. The molecule has 0 unspecified atom stereocenters. The predicted octanol–water partition coefficient (Wildman–Crippen LogP) is 6.91. The first-order chi connectivity index (χ1) is 21.4. The number of carbonyl (C=O) groups excluding carboxylic acids is 1. The Labute approximate surface area is 260 Å². The Morgan fingerprint density at radius 2 is 1.09 bits per heavy atom. The molecule has 6 N–H and O–H groups in total. The molecule has 0 aromatic carbocycles. The molecule has 2 aliphatic heterocycles. The molecule has 0 aliphatic carbocycles. The van der Waals surface area contributed by atoms with Crippen molar-refractivity contribution in [3.05, 3.63) is 82.5 Å². The Hall–Kier alpha value is -5.51. The average Bonchev–Trinajstić information content (AvgIpc) is 3.64. The van der Waals surface area contributed by atoms with E-state index < -0.39 is 11.9 Å². The molecule has 2 aliphatic rings. The van der Waals surface area contributed by atoms with Crippen molar-refractivity contribution in [2.45, 2.75) is 53.4 Å². The zero-order valence-electron chi connectivity index (χ0n) is 25.9. The second-order valence-corrected chi connectivity index (χ2v) is 10.9. The molecule has 10 heteroatoms. The highest BCUT2D eigenvalue weighted by Crippen LogP contribution is 2.38. The van der Waals surface area contributed by atoms with E-state index in [1.165, 1.54) is 0 Å². The molecule has 0 radical (unpaired) electrons. The number of carboxylic acids is 2. The van der Waals surface area contributed by atoms with Gasteiger partial charge in [0, 0.05) is 46.0 Å². The fraction of sp³-hybridized carbons (Fsp3) is 0.229. The number of aliphatic carboxylic acids is 2. The van der Waals surface area contributed by atoms with Crippen LogP contribution < -0.4 is 5.73 Å². The Kier molecular flexibility index (Phi) is 9.66. The molecule has 1 amide bonds. The van der Waals surface area contributed by atoms with Gasteiger partial charge in [-0.2, -0.15) is 0 Å². The summed E-state index contributed by atoms with van der Waals surface area (Å²) in [6, 6.07) is 7.88. The monoisotopic (exact) mass is 607 g/mol. The van der Waals surface area contributed by atoms with Crippen molar-refractivity contribution in [1.29, 1.82) is 0 Å². The molecule has 0 saturated carbocycles. The van der Waals surface area contributed by atoms with Crippen LogP contribution in [0.5, 0.6) is 0 Å². The van der Waals surface area contributed by atoms with Crippen molar-refractivity contribution >= 4 is 74.9 Å². The number of carboxylic acid groups (broad SMARTS) is 2. The summed E-state index contributed by atoms with van der Waals surface area (Å²) >= 11 is 0. The first kappa shape index (κ1) is 32.4. The molecule has 5 heterocycles. The van der Waals surface area contributed by atoms with Gasteiger partial charge in [0.2, 0.25) is 6.41 Å². The van der Waals surface area contributed by atoms with Gasteiger partial charge in [-0.1, -0.05) is 25.3 Å². The van der Waals surface area contributed by atoms with Crippen molar-refractivity contribution in [3.63, 3.8) is 0 Å². The Balaban J connectivity index is 0.00000148. The third kappa shape index (κ3) is 6.54. The number of nitrogens with zero attached hydrogens (tertiary/aromatic N) is 2. The summed E-state index contributed by atoms with van der Waals surface area (Å²) < 4.78 is 0. The highest BCUT2D eigenvalue weighted by molar-refractivity contribution is 5.97. The molecular weight excluding hydrogens is 570 g/mol. The Bertz CT molecular complexity index is 1970. The van der Waals surface area contributed by atoms with Gasteiger partial charge >= 0.3 is 11.9 Å². The number of primary amides is 1. The molecule has 3 aromatic heterocycles. The van der Waals surface area contributed by atoms with Crippen LogP contribution in [0, 0.1) is 13.8 Å². The Morgan fingerprint density at radius 1 is 0.711 bits per heavy atom. The number of carbonyl (C=O) groups is 3. The number of nitrogens with two attached hydrogens (primary N) is 1. The van der Waals surface area contributed by atoms with Gasteiger partial charge < -0.3 is 25.9 Å². The van der Waals surface area contributed by atoms with Crippen LogP contribution in [0.1, 0.15) is 84.6 Å². The number of allylic oxidation sites excluding steroid dienone is 4. The summed E-state index contributed by atoms with van der Waals surface area (Å²) in [4.78, 5) is 48.6. The van der Waals surface area contributed by atoms with E-state index in [0.717, 1.165) is 78.0 Å². The molecule has 0 spiro atoms. The number of rotatable bonds is 8. The van der Waals surface area contributed by atoms with Gasteiger partial charge in [-0.15, -0.1) is 0 Å². The maximum absolute atomic E-state index is 11.5. The van der Waals surface area contributed by atoms with Crippen LogP contribution in [0.25, 0.3) is 56.5 Å².